The molecule has 6 nitrogen and oxygen atoms in total. The van der Waals surface area contributed by atoms with Crippen LogP contribution in [0.1, 0.15) is 51.5 Å². The standard InChI is InChI=1S/C34H40N4O2/c1-24-8-6-9-25(2)32(24)26-14-16-36(17-15-26)23-30-29-12-4-5-13-31(29)35-33(30)34(39)38-20-18-37(19-21-38)27-10-7-11-28(22-27)40-3/h4-13,22,26,35H,14-21,23H2,1-3H3. The minimum absolute atomic E-state index is 0.113. The van der Waals surface area contributed by atoms with Crippen LogP contribution in [0.3, 0.4) is 0 Å². The quantitative estimate of drug-likeness (QED) is 0.322. The molecule has 4 aromatic rings. The van der Waals surface area contributed by atoms with Crippen molar-refractivity contribution in [1.82, 2.24) is 14.8 Å². The van der Waals surface area contributed by atoms with Crippen molar-refractivity contribution in [3.05, 3.63) is 94.7 Å². The van der Waals surface area contributed by atoms with Crippen molar-refractivity contribution in [2.75, 3.05) is 51.3 Å². The van der Waals surface area contributed by atoms with Gasteiger partial charge >= 0.3 is 0 Å². The lowest BCUT2D eigenvalue weighted by Crippen LogP contribution is -2.49. The first-order chi connectivity index (χ1) is 19.5. The number of aromatic amines is 1. The summed E-state index contributed by atoms with van der Waals surface area (Å²) < 4.78 is 5.41. The highest BCUT2D eigenvalue weighted by Crippen LogP contribution is 2.34. The average molecular weight is 537 g/mol. The van der Waals surface area contributed by atoms with Crippen LogP contribution in [0.15, 0.2) is 66.7 Å². The largest absolute Gasteiger partial charge is 0.497 e. The minimum Gasteiger partial charge on any atom is -0.497 e. The molecule has 0 bridgehead atoms. The number of nitrogens with zero attached hydrogens (tertiary/aromatic N) is 3. The average Bonchev–Trinajstić information content (AvgIpc) is 3.36. The number of likely N-dealkylation sites (tertiary alicyclic amines) is 1. The van der Waals surface area contributed by atoms with Gasteiger partial charge in [-0.1, -0.05) is 42.5 Å². The second-order valence-electron chi connectivity index (χ2n) is 11.4. The first-order valence-corrected chi connectivity index (χ1v) is 14.6. The van der Waals surface area contributed by atoms with Gasteiger partial charge in [-0.05, 0) is 80.6 Å². The van der Waals surface area contributed by atoms with E-state index in [1.54, 1.807) is 12.7 Å². The number of methoxy groups -OCH3 is 1. The van der Waals surface area contributed by atoms with Crippen molar-refractivity contribution in [2.45, 2.75) is 39.2 Å². The number of hydrogen-bond acceptors (Lipinski definition) is 4. The Morgan fingerprint density at radius 2 is 1.57 bits per heavy atom. The monoisotopic (exact) mass is 536 g/mol. The van der Waals surface area contributed by atoms with Crippen molar-refractivity contribution in [3.8, 4) is 5.75 Å². The number of H-pyrrole nitrogens is 1. The molecule has 0 spiro atoms. The highest BCUT2D eigenvalue weighted by Gasteiger charge is 2.29. The van der Waals surface area contributed by atoms with Crippen molar-refractivity contribution in [1.29, 1.82) is 0 Å². The van der Waals surface area contributed by atoms with Crippen LogP contribution in [-0.2, 0) is 6.54 Å². The summed E-state index contributed by atoms with van der Waals surface area (Å²) in [4.78, 5) is 24.3. The molecule has 2 fully saturated rings. The fourth-order valence-electron chi connectivity index (χ4n) is 6.75. The van der Waals surface area contributed by atoms with E-state index in [0.717, 1.165) is 79.2 Å². The molecule has 2 aliphatic heterocycles. The summed E-state index contributed by atoms with van der Waals surface area (Å²) in [6.45, 7) is 10.4. The SMILES string of the molecule is COc1cccc(N2CCN(C(=O)c3[nH]c4ccccc4c3CN3CCC(c4c(C)cccc4C)CC3)CC2)c1. The molecule has 0 atom stereocenters. The number of aryl methyl sites for hydroxylation is 2. The predicted octanol–water partition coefficient (Wildman–Crippen LogP) is 6.14. The van der Waals surface area contributed by atoms with Crippen LogP contribution in [0.25, 0.3) is 10.9 Å². The van der Waals surface area contributed by atoms with Gasteiger partial charge in [-0.25, -0.2) is 0 Å². The van der Waals surface area contributed by atoms with Gasteiger partial charge in [0.1, 0.15) is 11.4 Å². The van der Waals surface area contributed by atoms with Crippen molar-refractivity contribution in [3.63, 3.8) is 0 Å². The molecule has 0 aliphatic carbocycles. The third-order valence-electron chi connectivity index (χ3n) is 8.93. The topological polar surface area (TPSA) is 51.8 Å². The zero-order valence-corrected chi connectivity index (χ0v) is 24.0. The smallest absolute Gasteiger partial charge is 0.270 e. The second-order valence-corrected chi connectivity index (χ2v) is 11.4. The molecule has 1 N–H and O–H groups in total. The molecule has 1 aromatic heterocycles. The Bertz CT molecular complexity index is 1470. The van der Waals surface area contributed by atoms with Crippen molar-refractivity contribution >= 4 is 22.5 Å². The predicted molar refractivity (Wildman–Crippen MR) is 163 cm³/mol. The second kappa shape index (κ2) is 11.4. The highest BCUT2D eigenvalue weighted by molar-refractivity contribution is 6.01. The Morgan fingerprint density at radius 1 is 0.875 bits per heavy atom. The number of rotatable bonds is 6. The van der Waals surface area contributed by atoms with Gasteiger partial charge in [0.05, 0.1) is 7.11 Å². The number of nitrogens with one attached hydrogen (secondary N) is 1. The first-order valence-electron chi connectivity index (χ1n) is 14.6. The van der Waals surface area contributed by atoms with E-state index < -0.39 is 0 Å². The summed E-state index contributed by atoms with van der Waals surface area (Å²) in [7, 11) is 1.70. The molecule has 2 aliphatic rings. The lowest BCUT2D eigenvalue weighted by atomic mass is 9.84. The van der Waals surface area contributed by atoms with E-state index in [1.807, 2.05) is 23.1 Å². The van der Waals surface area contributed by atoms with Crippen LogP contribution in [0.4, 0.5) is 5.69 Å². The fourth-order valence-corrected chi connectivity index (χ4v) is 6.75. The van der Waals surface area contributed by atoms with Crippen LogP contribution < -0.4 is 9.64 Å². The van der Waals surface area contributed by atoms with Gasteiger partial charge in [0.2, 0.25) is 0 Å². The van der Waals surface area contributed by atoms with E-state index in [4.69, 9.17) is 4.74 Å². The van der Waals surface area contributed by atoms with E-state index in [-0.39, 0.29) is 5.91 Å². The maximum absolute atomic E-state index is 13.9. The number of fused-ring (bicyclic) bond motifs is 1. The van der Waals surface area contributed by atoms with Gasteiger partial charge in [-0.15, -0.1) is 0 Å². The minimum atomic E-state index is 0.113. The summed E-state index contributed by atoms with van der Waals surface area (Å²) in [6, 6.07) is 23.2. The van der Waals surface area contributed by atoms with Crippen LogP contribution in [0, 0.1) is 13.8 Å². The number of carbonyl (C=O) groups excluding carboxylic acids is 1. The lowest BCUT2D eigenvalue weighted by Gasteiger charge is -2.36. The molecule has 2 saturated heterocycles. The molecular weight excluding hydrogens is 496 g/mol. The summed E-state index contributed by atoms with van der Waals surface area (Å²) in [5, 5.41) is 1.16. The van der Waals surface area contributed by atoms with Crippen LogP contribution in [-0.4, -0.2) is 67.1 Å². The lowest BCUT2D eigenvalue weighted by molar-refractivity contribution is 0.0739. The van der Waals surface area contributed by atoms with Gasteiger partial charge in [-0.3, -0.25) is 9.69 Å². The van der Waals surface area contributed by atoms with Gasteiger partial charge < -0.3 is 19.5 Å². The van der Waals surface area contributed by atoms with Gasteiger partial charge in [0.15, 0.2) is 0 Å². The van der Waals surface area contributed by atoms with Gasteiger partial charge in [0, 0.05) is 60.9 Å². The zero-order valence-electron chi connectivity index (χ0n) is 24.0. The molecule has 6 rings (SSSR count). The highest BCUT2D eigenvalue weighted by atomic mass is 16.5. The number of piperazine rings is 1. The molecule has 0 saturated carbocycles. The summed E-state index contributed by atoms with van der Waals surface area (Å²) >= 11 is 0. The van der Waals surface area contributed by atoms with E-state index >= 15 is 0 Å². The number of piperidine rings is 1. The molecule has 1 amide bonds. The van der Waals surface area contributed by atoms with E-state index in [1.165, 1.54) is 11.1 Å². The third kappa shape index (κ3) is 5.20. The van der Waals surface area contributed by atoms with Crippen LogP contribution in [0.5, 0.6) is 5.75 Å². The van der Waals surface area contributed by atoms with Crippen molar-refractivity contribution < 1.29 is 9.53 Å². The van der Waals surface area contributed by atoms with E-state index in [9.17, 15) is 4.79 Å². The zero-order chi connectivity index (χ0) is 27.6. The number of benzene rings is 3. The molecule has 208 valence electrons. The van der Waals surface area contributed by atoms with E-state index in [2.05, 4.69) is 77.2 Å². The Morgan fingerprint density at radius 3 is 2.30 bits per heavy atom. The molecule has 0 radical (unpaired) electrons. The molecule has 40 heavy (non-hydrogen) atoms. The Hall–Kier alpha value is -3.77. The maximum Gasteiger partial charge on any atom is 0.270 e. The molecule has 3 heterocycles. The first kappa shape index (κ1) is 26.5. The number of amides is 1. The number of aromatic nitrogens is 1. The molecular formula is C34H40N4O2. The third-order valence-corrected chi connectivity index (χ3v) is 8.93. The molecule has 0 unspecified atom stereocenters. The maximum atomic E-state index is 13.9. The fraction of sp³-hybridized carbons (Fsp3) is 0.382. The van der Waals surface area contributed by atoms with E-state index in [0.29, 0.717) is 19.0 Å². The normalized spacial score (nSPS) is 17.0. The summed E-state index contributed by atoms with van der Waals surface area (Å²) in [5.74, 6) is 1.58. The van der Waals surface area contributed by atoms with Gasteiger partial charge in [0.25, 0.3) is 5.91 Å². The number of ether oxygens (including phenoxy) is 1. The Labute approximate surface area is 237 Å². The molecule has 6 heteroatoms. The summed E-state index contributed by atoms with van der Waals surface area (Å²) in [5.41, 5.74) is 8.44. The van der Waals surface area contributed by atoms with Gasteiger partial charge in [-0.2, -0.15) is 0 Å². The summed E-state index contributed by atoms with van der Waals surface area (Å²) in [6.07, 6.45) is 2.31. The Balaban J connectivity index is 1.16. The number of para-hydroxylation sites is 1. The van der Waals surface area contributed by atoms with Crippen LogP contribution in [0.2, 0.25) is 0 Å². The Kier molecular flexibility index (Phi) is 7.53. The molecule has 3 aromatic carbocycles. The van der Waals surface area contributed by atoms with Crippen molar-refractivity contribution in [2.24, 2.45) is 0 Å². The number of anilines is 1. The van der Waals surface area contributed by atoms with Crippen LogP contribution >= 0.6 is 0 Å². The number of hydrogen-bond donors (Lipinski definition) is 1. The number of carbonyl (C=O) groups is 1.